The number of hydrogen-bond acceptors (Lipinski definition) is 3. The Morgan fingerprint density at radius 1 is 1.22 bits per heavy atom. The van der Waals surface area contributed by atoms with Gasteiger partial charge in [0.15, 0.2) is 0 Å². The number of H-pyrrole nitrogens is 1. The first-order valence-corrected chi connectivity index (χ1v) is 8.71. The van der Waals surface area contributed by atoms with Crippen molar-refractivity contribution in [3.05, 3.63) is 59.3 Å². The van der Waals surface area contributed by atoms with Crippen LogP contribution in [0.1, 0.15) is 21.5 Å². The van der Waals surface area contributed by atoms with Crippen LogP contribution in [0.15, 0.2) is 42.6 Å². The standard InChI is InChI=1S/C19H20F3N3O2/c1-27-18(26)15-4-2-3-14(11-15)13-24-7-9-25(10-8-24)17-6-5-16(12-23-17)19(20,21)22/h2-6,11-12H,7-10,13H2,1H3/p+2. The summed E-state index contributed by atoms with van der Waals surface area (Å²) in [6.07, 6.45) is -3.33. The zero-order chi connectivity index (χ0) is 19.4. The van der Waals surface area contributed by atoms with Gasteiger partial charge in [0.1, 0.15) is 38.9 Å². The van der Waals surface area contributed by atoms with E-state index >= 15 is 0 Å². The van der Waals surface area contributed by atoms with Crippen molar-refractivity contribution in [3.8, 4) is 0 Å². The molecule has 2 N–H and O–H groups in total. The summed E-state index contributed by atoms with van der Waals surface area (Å²) in [5.41, 5.74) is 0.913. The Labute approximate surface area is 155 Å². The van der Waals surface area contributed by atoms with Gasteiger partial charge in [-0.25, -0.2) is 9.78 Å². The van der Waals surface area contributed by atoms with E-state index in [1.165, 1.54) is 18.1 Å². The van der Waals surface area contributed by atoms with Crippen molar-refractivity contribution < 1.29 is 32.6 Å². The lowest BCUT2D eigenvalue weighted by Gasteiger charge is -2.28. The molecule has 0 amide bonds. The molecule has 1 aliphatic rings. The highest BCUT2D eigenvalue weighted by Crippen LogP contribution is 2.28. The van der Waals surface area contributed by atoms with Crippen molar-refractivity contribution in [2.75, 3.05) is 38.2 Å². The molecule has 1 aromatic heterocycles. The number of methoxy groups -OCH3 is 1. The van der Waals surface area contributed by atoms with Gasteiger partial charge in [0.25, 0.3) is 5.82 Å². The summed E-state index contributed by atoms with van der Waals surface area (Å²) in [4.78, 5) is 17.8. The topological polar surface area (TPSA) is 48.1 Å². The van der Waals surface area contributed by atoms with Crippen LogP contribution in [0.25, 0.3) is 0 Å². The molecule has 0 unspecified atom stereocenters. The number of hydrogen-bond donors (Lipinski definition) is 1. The minimum atomic E-state index is -4.34. The summed E-state index contributed by atoms with van der Waals surface area (Å²) in [7, 11) is 1.36. The molecule has 0 radical (unpaired) electrons. The van der Waals surface area contributed by atoms with Gasteiger partial charge in [-0.2, -0.15) is 13.2 Å². The van der Waals surface area contributed by atoms with E-state index in [4.69, 9.17) is 4.74 Å². The van der Waals surface area contributed by atoms with Gasteiger partial charge in [0.05, 0.1) is 18.2 Å². The predicted octanol–water partition coefficient (Wildman–Crippen LogP) is 1.21. The van der Waals surface area contributed by atoms with Crippen LogP contribution in [0.3, 0.4) is 0 Å². The lowest BCUT2D eigenvalue weighted by Crippen LogP contribution is -3.13. The summed E-state index contributed by atoms with van der Waals surface area (Å²) in [5.74, 6) is 0.337. The third kappa shape index (κ3) is 4.77. The van der Waals surface area contributed by atoms with Crippen molar-refractivity contribution in [2.45, 2.75) is 12.7 Å². The maximum atomic E-state index is 12.7. The number of nitrogens with one attached hydrogen (secondary N) is 2. The number of anilines is 1. The average molecular weight is 381 g/mol. The summed E-state index contributed by atoms with van der Waals surface area (Å²) < 4.78 is 42.7. The Balaban J connectivity index is 1.57. The van der Waals surface area contributed by atoms with E-state index in [0.29, 0.717) is 11.4 Å². The maximum Gasteiger partial charge on any atom is 0.419 e. The first-order valence-electron chi connectivity index (χ1n) is 8.71. The van der Waals surface area contributed by atoms with Crippen molar-refractivity contribution in [1.29, 1.82) is 0 Å². The van der Waals surface area contributed by atoms with E-state index in [-0.39, 0.29) is 5.97 Å². The van der Waals surface area contributed by atoms with Crippen molar-refractivity contribution in [2.24, 2.45) is 0 Å². The molecular weight excluding hydrogens is 359 g/mol. The van der Waals surface area contributed by atoms with Crippen LogP contribution >= 0.6 is 0 Å². The summed E-state index contributed by atoms with van der Waals surface area (Å²) >= 11 is 0. The number of rotatable bonds is 4. The van der Waals surface area contributed by atoms with Gasteiger partial charge in [0.2, 0.25) is 0 Å². The van der Waals surface area contributed by atoms with Crippen molar-refractivity contribution in [1.82, 2.24) is 0 Å². The molecule has 0 saturated carbocycles. The van der Waals surface area contributed by atoms with Gasteiger partial charge < -0.3 is 9.64 Å². The highest BCUT2D eigenvalue weighted by Gasteiger charge is 2.33. The molecular formula is C19H22F3N3O2+2. The largest absolute Gasteiger partial charge is 0.465 e. The number of quaternary nitrogens is 1. The molecule has 3 rings (SSSR count). The summed E-state index contributed by atoms with van der Waals surface area (Å²) in [6, 6.07) is 9.97. The molecule has 5 nitrogen and oxygen atoms in total. The number of piperazine rings is 1. The highest BCUT2D eigenvalue weighted by molar-refractivity contribution is 5.89. The van der Waals surface area contributed by atoms with Crippen LogP contribution < -0.4 is 14.8 Å². The molecule has 27 heavy (non-hydrogen) atoms. The van der Waals surface area contributed by atoms with Gasteiger partial charge in [0, 0.05) is 11.6 Å². The van der Waals surface area contributed by atoms with E-state index in [1.807, 2.05) is 18.2 Å². The fourth-order valence-electron chi connectivity index (χ4n) is 3.25. The van der Waals surface area contributed by atoms with Crippen molar-refractivity contribution >= 4 is 11.8 Å². The third-order valence-electron chi connectivity index (χ3n) is 4.74. The zero-order valence-corrected chi connectivity index (χ0v) is 15.0. The molecule has 144 valence electrons. The smallest absolute Gasteiger partial charge is 0.419 e. The summed E-state index contributed by atoms with van der Waals surface area (Å²) in [5, 5.41) is 0. The number of esters is 1. The number of aromatic amines is 1. The quantitative estimate of drug-likeness (QED) is 0.810. The Morgan fingerprint density at radius 2 is 1.96 bits per heavy atom. The number of carbonyl (C=O) groups is 1. The molecule has 0 bridgehead atoms. The lowest BCUT2D eigenvalue weighted by molar-refractivity contribution is -0.914. The van der Waals surface area contributed by atoms with Crippen LogP contribution in [0.4, 0.5) is 19.0 Å². The summed E-state index contributed by atoms with van der Waals surface area (Å²) in [6.45, 7) is 3.99. The fraction of sp³-hybridized carbons (Fsp3) is 0.368. The van der Waals surface area contributed by atoms with E-state index in [0.717, 1.165) is 50.6 Å². The number of ether oxygens (including phenoxy) is 1. The number of pyridine rings is 1. The molecule has 0 spiro atoms. The van der Waals surface area contributed by atoms with Crippen LogP contribution in [0.2, 0.25) is 0 Å². The second-order valence-corrected chi connectivity index (χ2v) is 6.57. The third-order valence-corrected chi connectivity index (χ3v) is 4.74. The molecule has 0 atom stereocenters. The Hall–Kier alpha value is -2.61. The van der Waals surface area contributed by atoms with E-state index in [2.05, 4.69) is 9.88 Å². The van der Waals surface area contributed by atoms with Crippen molar-refractivity contribution in [3.63, 3.8) is 0 Å². The zero-order valence-electron chi connectivity index (χ0n) is 15.0. The fourth-order valence-corrected chi connectivity index (χ4v) is 3.25. The second-order valence-electron chi connectivity index (χ2n) is 6.57. The molecule has 1 aliphatic heterocycles. The molecule has 8 heteroatoms. The Morgan fingerprint density at radius 3 is 2.56 bits per heavy atom. The van der Waals surface area contributed by atoms with Gasteiger partial charge in [-0.1, -0.05) is 12.1 Å². The SMILES string of the molecule is COC(=O)c1cccc(C[NH+]2CCN(c3ccc(C(F)(F)F)c[nH+]3)CC2)c1. The first-order chi connectivity index (χ1) is 12.9. The van der Waals surface area contributed by atoms with Crippen LogP contribution in [0, 0.1) is 0 Å². The normalized spacial score (nSPS) is 15.6. The number of aromatic nitrogens is 1. The molecule has 2 heterocycles. The molecule has 1 saturated heterocycles. The van der Waals surface area contributed by atoms with Gasteiger partial charge >= 0.3 is 12.1 Å². The van der Waals surface area contributed by atoms with E-state index < -0.39 is 11.7 Å². The Bertz CT molecular complexity index is 786. The minimum Gasteiger partial charge on any atom is -0.465 e. The van der Waals surface area contributed by atoms with Gasteiger partial charge in [-0.05, 0) is 18.2 Å². The second kappa shape index (κ2) is 7.96. The monoisotopic (exact) mass is 381 g/mol. The number of carbonyl (C=O) groups excluding carboxylic acids is 1. The molecule has 2 aromatic rings. The predicted molar refractivity (Wildman–Crippen MR) is 92.4 cm³/mol. The van der Waals surface area contributed by atoms with E-state index in [1.54, 1.807) is 6.07 Å². The van der Waals surface area contributed by atoms with E-state index in [9.17, 15) is 18.0 Å². The number of nitrogens with zero attached hydrogens (tertiary/aromatic N) is 1. The minimum absolute atomic E-state index is 0.352. The molecule has 0 aliphatic carbocycles. The lowest BCUT2D eigenvalue weighted by atomic mass is 10.1. The number of alkyl halides is 3. The van der Waals surface area contributed by atoms with Crippen LogP contribution in [-0.2, 0) is 17.5 Å². The average Bonchev–Trinajstić information content (AvgIpc) is 2.67. The molecule has 1 fully saturated rings. The van der Waals surface area contributed by atoms with Gasteiger partial charge in [-0.15, -0.1) is 0 Å². The highest BCUT2D eigenvalue weighted by atomic mass is 19.4. The van der Waals surface area contributed by atoms with Crippen LogP contribution in [0.5, 0.6) is 0 Å². The number of benzene rings is 1. The Kier molecular flexibility index (Phi) is 5.65. The van der Waals surface area contributed by atoms with Gasteiger partial charge in [-0.3, -0.25) is 4.90 Å². The first kappa shape index (κ1) is 19.2. The van der Waals surface area contributed by atoms with Crippen LogP contribution in [-0.4, -0.2) is 39.3 Å². The maximum absolute atomic E-state index is 12.7. The molecule has 1 aromatic carbocycles. The number of halogens is 3.